The van der Waals surface area contributed by atoms with Crippen molar-refractivity contribution in [3.8, 4) is 0 Å². The molecule has 1 aromatic rings. The van der Waals surface area contributed by atoms with Gasteiger partial charge in [0.15, 0.2) is 0 Å². The van der Waals surface area contributed by atoms with Crippen molar-refractivity contribution in [2.45, 2.75) is 25.5 Å². The van der Waals surface area contributed by atoms with E-state index in [1.165, 1.54) is 5.56 Å². The van der Waals surface area contributed by atoms with Crippen LogP contribution in [-0.4, -0.2) is 39.0 Å². The highest BCUT2D eigenvalue weighted by Crippen LogP contribution is 2.12. The second-order valence-corrected chi connectivity index (χ2v) is 4.03. The van der Waals surface area contributed by atoms with Crippen LogP contribution in [0.2, 0.25) is 0 Å². The largest absolute Gasteiger partial charge is 0.393 e. The lowest BCUT2D eigenvalue weighted by Gasteiger charge is -2.28. The van der Waals surface area contributed by atoms with E-state index < -0.39 is 0 Å². The first-order chi connectivity index (χ1) is 6.74. The zero-order valence-corrected chi connectivity index (χ0v) is 8.56. The Bertz CT molecular complexity index is 289. The Morgan fingerprint density at radius 2 is 2.21 bits per heavy atom. The Hall–Kier alpha value is -0.870. The molecule has 1 N–H and O–H groups in total. The molecule has 0 unspecified atom stereocenters. The van der Waals surface area contributed by atoms with Crippen molar-refractivity contribution in [3.63, 3.8) is 0 Å². The molecule has 0 aromatic carbocycles. The van der Waals surface area contributed by atoms with Crippen molar-refractivity contribution in [2.24, 2.45) is 7.05 Å². The van der Waals surface area contributed by atoms with Crippen LogP contribution in [0.3, 0.4) is 0 Å². The molecule has 1 aliphatic rings. The van der Waals surface area contributed by atoms with Gasteiger partial charge in [0, 0.05) is 38.4 Å². The van der Waals surface area contributed by atoms with E-state index in [1.54, 1.807) is 0 Å². The van der Waals surface area contributed by atoms with E-state index >= 15 is 0 Å². The summed E-state index contributed by atoms with van der Waals surface area (Å²) in [6, 6.07) is 0. The third-order valence-corrected chi connectivity index (χ3v) is 2.72. The third kappa shape index (κ3) is 2.33. The van der Waals surface area contributed by atoms with Crippen LogP contribution in [0.5, 0.6) is 0 Å². The summed E-state index contributed by atoms with van der Waals surface area (Å²) in [6.45, 7) is 2.95. The van der Waals surface area contributed by atoms with Crippen molar-refractivity contribution in [1.29, 1.82) is 0 Å². The lowest BCUT2D eigenvalue weighted by molar-refractivity contribution is 0.0792. The van der Waals surface area contributed by atoms with Crippen LogP contribution in [0, 0.1) is 0 Å². The molecule has 4 nitrogen and oxygen atoms in total. The molecular formula is C10H17N3O. The zero-order chi connectivity index (χ0) is 9.97. The van der Waals surface area contributed by atoms with Gasteiger partial charge in [0.1, 0.15) is 0 Å². The molecule has 1 aromatic heterocycles. The van der Waals surface area contributed by atoms with Gasteiger partial charge >= 0.3 is 0 Å². The minimum absolute atomic E-state index is 0.0832. The van der Waals surface area contributed by atoms with Crippen molar-refractivity contribution >= 4 is 0 Å². The van der Waals surface area contributed by atoms with E-state index in [0.29, 0.717) is 0 Å². The molecule has 1 fully saturated rings. The summed E-state index contributed by atoms with van der Waals surface area (Å²) >= 11 is 0. The van der Waals surface area contributed by atoms with Crippen molar-refractivity contribution in [3.05, 3.63) is 18.0 Å². The number of nitrogens with zero attached hydrogens (tertiary/aromatic N) is 3. The highest BCUT2D eigenvalue weighted by Gasteiger charge is 2.16. The molecule has 2 rings (SSSR count). The van der Waals surface area contributed by atoms with Gasteiger partial charge < -0.3 is 5.11 Å². The standard InChI is InChI=1S/C10H17N3O/c1-12-7-9(6-11-12)8-13-4-2-10(14)3-5-13/h6-7,10,14H,2-5,8H2,1H3. The summed E-state index contributed by atoms with van der Waals surface area (Å²) in [5, 5.41) is 13.5. The molecule has 0 atom stereocenters. The Kier molecular flexibility index (Phi) is 2.84. The van der Waals surface area contributed by atoms with Crippen LogP contribution in [0.1, 0.15) is 18.4 Å². The van der Waals surface area contributed by atoms with Gasteiger partial charge in [0.25, 0.3) is 0 Å². The van der Waals surface area contributed by atoms with Gasteiger partial charge in [-0.05, 0) is 12.8 Å². The summed E-state index contributed by atoms with van der Waals surface area (Å²) in [6.07, 6.45) is 5.68. The van der Waals surface area contributed by atoms with Gasteiger partial charge in [0.2, 0.25) is 0 Å². The second kappa shape index (κ2) is 4.11. The maximum absolute atomic E-state index is 9.35. The number of aliphatic hydroxyl groups excluding tert-OH is 1. The predicted molar refractivity (Wildman–Crippen MR) is 53.7 cm³/mol. The van der Waals surface area contributed by atoms with Crippen LogP contribution in [-0.2, 0) is 13.6 Å². The molecule has 0 radical (unpaired) electrons. The minimum Gasteiger partial charge on any atom is -0.393 e. The molecule has 14 heavy (non-hydrogen) atoms. The van der Waals surface area contributed by atoms with Crippen LogP contribution in [0.25, 0.3) is 0 Å². The first-order valence-corrected chi connectivity index (χ1v) is 5.12. The third-order valence-electron chi connectivity index (χ3n) is 2.72. The fourth-order valence-corrected chi connectivity index (χ4v) is 1.89. The normalized spacial score (nSPS) is 20.1. The molecule has 0 bridgehead atoms. The Balaban J connectivity index is 1.86. The second-order valence-electron chi connectivity index (χ2n) is 4.03. The highest BCUT2D eigenvalue weighted by atomic mass is 16.3. The van der Waals surface area contributed by atoms with E-state index in [0.717, 1.165) is 32.5 Å². The lowest BCUT2D eigenvalue weighted by atomic mass is 10.1. The van der Waals surface area contributed by atoms with Gasteiger partial charge in [-0.2, -0.15) is 5.10 Å². The average Bonchev–Trinajstić information content (AvgIpc) is 2.56. The first-order valence-electron chi connectivity index (χ1n) is 5.12. The minimum atomic E-state index is -0.0832. The molecular weight excluding hydrogens is 178 g/mol. The first kappa shape index (κ1) is 9.68. The number of likely N-dealkylation sites (tertiary alicyclic amines) is 1. The maximum atomic E-state index is 9.35. The summed E-state index contributed by atoms with van der Waals surface area (Å²) in [5.74, 6) is 0. The number of hydrogen-bond acceptors (Lipinski definition) is 3. The molecule has 4 heteroatoms. The highest BCUT2D eigenvalue weighted by molar-refractivity contribution is 5.03. The summed E-state index contributed by atoms with van der Waals surface area (Å²) in [7, 11) is 1.93. The number of aryl methyl sites for hydroxylation is 1. The van der Waals surface area contributed by atoms with Crippen LogP contribution in [0.4, 0.5) is 0 Å². The number of piperidine rings is 1. The molecule has 78 valence electrons. The average molecular weight is 195 g/mol. The topological polar surface area (TPSA) is 41.3 Å². The van der Waals surface area contributed by atoms with Gasteiger partial charge in [0.05, 0.1) is 12.3 Å². The SMILES string of the molecule is Cn1cc(CN2CCC(O)CC2)cn1. The monoisotopic (exact) mass is 195 g/mol. The lowest BCUT2D eigenvalue weighted by Crippen LogP contribution is -2.35. The Labute approximate surface area is 84.1 Å². The molecule has 0 aliphatic carbocycles. The van der Waals surface area contributed by atoms with Gasteiger partial charge in [-0.1, -0.05) is 0 Å². The molecule has 1 saturated heterocycles. The number of rotatable bonds is 2. The zero-order valence-electron chi connectivity index (χ0n) is 8.56. The van der Waals surface area contributed by atoms with E-state index in [-0.39, 0.29) is 6.10 Å². The number of hydrogen-bond donors (Lipinski definition) is 1. The summed E-state index contributed by atoms with van der Waals surface area (Å²) < 4.78 is 1.83. The van der Waals surface area contributed by atoms with E-state index in [2.05, 4.69) is 10.00 Å². The van der Waals surface area contributed by atoms with Crippen LogP contribution >= 0.6 is 0 Å². The summed E-state index contributed by atoms with van der Waals surface area (Å²) in [4.78, 5) is 2.36. The van der Waals surface area contributed by atoms with Crippen LogP contribution < -0.4 is 0 Å². The molecule has 2 heterocycles. The predicted octanol–water partition coefficient (Wildman–Crippen LogP) is 0.377. The molecule has 0 saturated carbocycles. The summed E-state index contributed by atoms with van der Waals surface area (Å²) in [5.41, 5.74) is 1.25. The van der Waals surface area contributed by atoms with Gasteiger partial charge in [-0.3, -0.25) is 9.58 Å². The van der Waals surface area contributed by atoms with Crippen molar-refractivity contribution in [1.82, 2.24) is 14.7 Å². The molecule has 1 aliphatic heterocycles. The van der Waals surface area contributed by atoms with Gasteiger partial charge in [-0.15, -0.1) is 0 Å². The van der Waals surface area contributed by atoms with Crippen LogP contribution in [0.15, 0.2) is 12.4 Å². The van der Waals surface area contributed by atoms with E-state index in [1.807, 2.05) is 24.1 Å². The van der Waals surface area contributed by atoms with Crippen molar-refractivity contribution in [2.75, 3.05) is 13.1 Å². The smallest absolute Gasteiger partial charge is 0.0564 e. The Morgan fingerprint density at radius 1 is 1.50 bits per heavy atom. The number of aliphatic hydroxyl groups is 1. The molecule has 0 spiro atoms. The fraction of sp³-hybridized carbons (Fsp3) is 0.700. The van der Waals surface area contributed by atoms with E-state index in [9.17, 15) is 5.11 Å². The van der Waals surface area contributed by atoms with Crippen molar-refractivity contribution < 1.29 is 5.11 Å². The quantitative estimate of drug-likeness (QED) is 0.741. The molecule has 0 amide bonds. The Morgan fingerprint density at radius 3 is 2.79 bits per heavy atom. The fourth-order valence-electron chi connectivity index (χ4n) is 1.89. The van der Waals surface area contributed by atoms with E-state index in [4.69, 9.17) is 0 Å². The van der Waals surface area contributed by atoms with Gasteiger partial charge in [-0.25, -0.2) is 0 Å². The number of aromatic nitrogens is 2. The maximum Gasteiger partial charge on any atom is 0.0564 e.